The van der Waals surface area contributed by atoms with Gasteiger partial charge in [-0.1, -0.05) is 18.2 Å². The standard InChI is InChI=1S/C21H25NO3S/c1-25-20-10-5-15(12-19(20)23)13-22-11-3-4-17(14-22)21(24)16-6-8-18(26-2)9-7-16/h5-10,12,17,23H,3-4,11,13-14H2,1-2H3/t17-/m0/s1. The molecule has 1 aliphatic rings. The Morgan fingerprint density at radius 1 is 1.27 bits per heavy atom. The Morgan fingerprint density at radius 2 is 2.04 bits per heavy atom. The molecular formula is C21H25NO3S. The van der Waals surface area contributed by atoms with Crippen LogP contribution < -0.4 is 4.74 Å². The van der Waals surface area contributed by atoms with Crippen molar-refractivity contribution in [3.8, 4) is 11.5 Å². The number of ketones is 1. The van der Waals surface area contributed by atoms with E-state index >= 15 is 0 Å². The van der Waals surface area contributed by atoms with Gasteiger partial charge in [-0.2, -0.15) is 0 Å². The van der Waals surface area contributed by atoms with Gasteiger partial charge in [-0.05, 0) is 55.5 Å². The molecule has 0 saturated carbocycles. The molecule has 1 aliphatic heterocycles. The molecular weight excluding hydrogens is 346 g/mol. The van der Waals surface area contributed by atoms with Crippen LogP contribution in [0.25, 0.3) is 0 Å². The molecule has 1 saturated heterocycles. The van der Waals surface area contributed by atoms with Crippen molar-refractivity contribution >= 4 is 17.5 Å². The molecule has 26 heavy (non-hydrogen) atoms. The van der Waals surface area contributed by atoms with Gasteiger partial charge in [0, 0.05) is 29.5 Å². The van der Waals surface area contributed by atoms with Crippen molar-refractivity contribution in [1.82, 2.24) is 4.90 Å². The van der Waals surface area contributed by atoms with E-state index in [4.69, 9.17) is 4.74 Å². The first kappa shape index (κ1) is 18.8. The molecule has 1 N–H and O–H groups in total. The van der Waals surface area contributed by atoms with Crippen LogP contribution in [0, 0.1) is 5.92 Å². The molecule has 5 heteroatoms. The third-order valence-corrected chi connectivity index (χ3v) is 5.64. The van der Waals surface area contributed by atoms with Crippen molar-refractivity contribution in [3.05, 3.63) is 53.6 Å². The van der Waals surface area contributed by atoms with Crippen molar-refractivity contribution in [2.45, 2.75) is 24.3 Å². The lowest BCUT2D eigenvalue weighted by Gasteiger charge is -2.32. The highest BCUT2D eigenvalue weighted by molar-refractivity contribution is 7.98. The highest BCUT2D eigenvalue weighted by atomic mass is 32.2. The van der Waals surface area contributed by atoms with Crippen LogP contribution in [0.1, 0.15) is 28.8 Å². The maximum Gasteiger partial charge on any atom is 0.167 e. The third-order valence-electron chi connectivity index (χ3n) is 4.90. The van der Waals surface area contributed by atoms with Gasteiger partial charge in [-0.3, -0.25) is 9.69 Å². The first-order valence-corrected chi connectivity index (χ1v) is 10.1. The summed E-state index contributed by atoms with van der Waals surface area (Å²) >= 11 is 1.68. The first-order valence-electron chi connectivity index (χ1n) is 8.87. The Bertz CT molecular complexity index is 760. The average Bonchev–Trinajstić information content (AvgIpc) is 2.68. The average molecular weight is 372 g/mol. The molecule has 0 spiro atoms. The van der Waals surface area contributed by atoms with Gasteiger partial charge in [-0.25, -0.2) is 0 Å². The van der Waals surface area contributed by atoms with E-state index in [1.807, 2.05) is 36.6 Å². The number of nitrogens with zero attached hydrogens (tertiary/aromatic N) is 1. The lowest BCUT2D eigenvalue weighted by atomic mass is 9.90. The molecule has 2 aromatic carbocycles. The predicted octanol–water partition coefficient (Wildman–Crippen LogP) is 4.22. The predicted molar refractivity (Wildman–Crippen MR) is 105 cm³/mol. The van der Waals surface area contributed by atoms with Gasteiger partial charge in [0.25, 0.3) is 0 Å². The minimum Gasteiger partial charge on any atom is -0.504 e. The molecule has 0 aliphatic carbocycles. The van der Waals surface area contributed by atoms with Gasteiger partial charge in [0.15, 0.2) is 17.3 Å². The summed E-state index contributed by atoms with van der Waals surface area (Å²) in [5.41, 5.74) is 1.83. The van der Waals surface area contributed by atoms with Gasteiger partial charge in [-0.15, -0.1) is 11.8 Å². The minimum atomic E-state index is 0.0377. The van der Waals surface area contributed by atoms with E-state index in [-0.39, 0.29) is 17.5 Å². The van der Waals surface area contributed by atoms with Crippen molar-refractivity contribution in [2.75, 3.05) is 26.5 Å². The maximum absolute atomic E-state index is 12.8. The van der Waals surface area contributed by atoms with Crippen LogP contribution in [0.5, 0.6) is 11.5 Å². The monoisotopic (exact) mass is 371 g/mol. The Hall–Kier alpha value is -1.98. The fourth-order valence-electron chi connectivity index (χ4n) is 3.50. The number of likely N-dealkylation sites (tertiary alicyclic amines) is 1. The quantitative estimate of drug-likeness (QED) is 0.609. The smallest absolute Gasteiger partial charge is 0.167 e. The van der Waals surface area contributed by atoms with Crippen molar-refractivity contribution in [1.29, 1.82) is 0 Å². The van der Waals surface area contributed by atoms with E-state index in [0.29, 0.717) is 5.75 Å². The number of Topliss-reactive ketones (excluding diaryl/α,β-unsaturated/α-hetero) is 1. The number of piperidine rings is 1. The van der Waals surface area contributed by atoms with Gasteiger partial charge >= 0.3 is 0 Å². The second-order valence-electron chi connectivity index (χ2n) is 6.67. The zero-order valence-corrected chi connectivity index (χ0v) is 16.1. The number of hydrogen-bond donors (Lipinski definition) is 1. The number of thioether (sulfide) groups is 1. The van der Waals surface area contributed by atoms with E-state index in [0.717, 1.165) is 43.6 Å². The number of methoxy groups -OCH3 is 1. The number of phenolic OH excluding ortho intramolecular Hbond substituents is 1. The number of aromatic hydroxyl groups is 1. The van der Waals surface area contributed by atoms with E-state index < -0.39 is 0 Å². The van der Waals surface area contributed by atoms with Crippen LogP contribution in [0.15, 0.2) is 47.4 Å². The van der Waals surface area contributed by atoms with Crippen LogP contribution in [-0.4, -0.2) is 42.2 Å². The number of rotatable bonds is 6. The second kappa shape index (κ2) is 8.60. The van der Waals surface area contributed by atoms with Crippen LogP contribution in [0.3, 0.4) is 0 Å². The number of carbonyl (C=O) groups is 1. The van der Waals surface area contributed by atoms with Crippen LogP contribution in [0.2, 0.25) is 0 Å². The summed E-state index contributed by atoms with van der Waals surface area (Å²) in [5, 5.41) is 9.95. The molecule has 0 aromatic heterocycles. The number of ether oxygens (including phenoxy) is 1. The van der Waals surface area contributed by atoms with Crippen molar-refractivity contribution in [3.63, 3.8) is 0 Å². The summed E-state index contributed by atoms with van der Waals surface area (Å²) in [7, 11) is 1.54. The van der Waals surface area contributed by atoms with Crippen LogP contribution in [0.4, 0.5) is 0 Å². The number of benzene rings is 2. The summed E-state index contributed by atoms with van der Waals surface area (Å²) in [6, 6.07) is 13.4. The Balaban J connectivity index is 1.64. The molecule has 1 heterocycles. The number of hydrogen-bond acceptors (Lipinski definition) is 5. The highest BCUT2D eigenvalue weighted by Gasteiger charge is 2.26. The van der Waals surface area contributed by atoms with Gasteiger partial charge in [0.05, 0.1) is 7.11 Å². The molecule has 1 fully saturated rings. The van der Waals surface area contributed by atoms with E-state index in [1.165, 1.54) is 4.90 Å². The molecule has 2 aromatic rings. The van der Waals surface area contributed by atoms with Crippen molar-refractivity contribution in [2.24, 2.45) is 5.92 Å². The fourth-order valence-corrected chi connectivity index (χ4v) is 3.90. The SMILES string of the molecule is COc1ccc(CN2CCC[C@H](C(=O)c3ccc(SC)cc3)C2)cc1O. The van der Waals surface area contributed by atoms with Crippen molar-refractivity contribution < 1.29 is 14.6 Å². The highest BCUT2D eigenvalue weighted by Crippen LogP contribution is 2.28. The lowest BCUT2D eigenvalue weighted by Crippen LogP contribution is -2.38. The zero-order valence-electron chi connectivity index (χ0n) is 15.3. The van der Waals surface area contributed by atoms with Crippen LogP contribution >= 0.6 is 11.8 Å². The fraction of sp³-hybridized carbons (Fsp3) is 0.381. The maximum atomic E-state index is 12.8. The topological polar surface area (TPSA) is 49.8 Å². The Morgan fingerprint density at radius 3 is 2.69 bits per heavy atom. The molecule has 0 radical (unpaired) electrons. The summed E-state index contributed by atoms with van der Waals surface area (Å²) in [5.74, 6) is 0.910. The molecule has 4 nitrogen and oxygen atoms in total. The molecule has 3 rings (SSSR count). The normalized spacial score (nSPS) is 17.8. The Labute approximate surface area is 159 Å². The molecule has 1 atom stereocenters. The number of carbonyl (C=O) groups excluding carboxylic acids is 1. The molecule has 0 unspecified atom stereocenters. The van der Waals surface area contributed by atoms with Crippen LogP contribution in [-0.2, 0) is 6.54 Å². The third kappa shape index (κ3) is 4.40. The summed E-state index contributed by atoms with van der Waals surface area (Å²) in [4.78, 5) is 16.3. The zero-order chi connectivity index (χ0) is 18.5. The van der Waals surface area contributed by atoms with E-state index in [1.54, 1.807) is 31.0 Å². The van der Waals surface area contributed by atoms with E-state index in [9.17, 15) is 9.90 Å². The van der Waals surface area contributed by atoms with Gasteiger partial charge in [0.2, 0.25) is 0 Å². The first-order chi connectivity index (χ1) is 12.6. The summed E-state index contributed by atoms with van der Waals surface area (Å²) < 4.78 is 5.09. The molecule has 138 valence electrons. The van der Waals surface area contributed by atoms with Gasteiger partial charge < -0.3 is 9.84 Å². The Kier molecular flexibility index (Phi) is 6.22. The summed E-state index contributed by atoms with van der Waals surface area (Å²) in [6.07, 6.45) is 3.99. The minimum absolute atomic E-state index is 0.0377. The molecule has 0 bridgehead atoms. The lowest BCUT2D eigenvalue weighted by molar-refractivity contribution is 0.0811. The molecule has 0 amide bonds. The van der Waals surface area contributed by atoms with E-state index in [2.05, 4.69) is 4.90 Å². The summed E-state index contributed by atoms with van der Waals surface area (Å²) in [6.45, 7) is 2.46. The largest absolute Gasteiger partial charge is 0.504 e. The van der Waals surface area contributed by atoms with Gasteiger partial charge in [0.1, 0.15) is 0 Å². The second-order valence-corrected chi connectivity index (χ2v) is 7.55. The number of phenols is 1.